The molecule has 0 bridgehead atoms. The van der Waals surface area contributed by atoms with Crippen molar-refractivity contribution in [3.63, 3.8) is 0 Å². The second-order valence-corrected chi connectivity index (χ2v) is 7.62. The Bertz CT molecular complexity index is 697. The molecule has 0 unspecified atom stereocenters. The van der Waals surface area contributed by atoms with Crippen molar-refractivity contribution in [2.45, 2.75) is 51.6 Å². The maximum absolute atomic E-state index is 12.3. The van der Waals surface area contributed by atoms with Crippen molar-refractivity contribution in [3.8, 4) is 11.5 Å². The van der Waals surface area contributed by atoms with Gasteiger partial charge in [-0.25, -0.2) is 4.79 Å². The number of benzene rings is 1. The van der Waals surface area contributed by atoms with Crippen LogP contribution in [0.15, 0.2) is 18.2 Å². The largest absolute Gasteiger partial charge is 0.493 e. The van der Waals surface area contributed by atoms with Gasteiger partial charge < -0.3 is 19.5 Å². The zero-order chi connectivity index (χ0) is 18.9. The molecule has 1 saturated carbocycles. The third-order valence-electron chi connectivity index (χ3n) is 5.95. The predicted octanol–water partition coefficient (Wildman–Crippen LogP) is 3.69. The molecular weight excluding hydrogens is 334 g/mol. The van der Waals surface area contributed by atoms with Crippen LogP contribution in [0.4, 0.5) is 4.79 Å². The fourth-order valence-corrected chi connectivity index (χ4v) is 4.16. The third kappa shape index (κ3) is 3.37. The fourth-order valence-electron chi connectivity index (χ4n) is 4.16. The van der Waals surface area contributed by atoms with Crippen molar-refractivity contribution in [3.05, 3.63) is 23.8 Å². The Morgan fingerprint density at radius 2 is 1.92 bits per heavy atom. The molecule has 1 aliphatic carbocycles. The van der Waals surface area contributed by atoms with Gasteiger partial charge in [0.2, 0.25) is 0 Å². The SMILES string of the molecule is COc1ccc([C@H]2CN(C(=O)O)C[C@@]2(C)C(C)=O)cc1OC1CCCC1. The molecule has 1 amide bonds. The first-order valence-electron chi connectivity index (χ1n) is 9.18. The van der Waals surface area contributed by atoms with Gasteiger partial charge in [-0.2, -0.15) is 0 Å². The van der Waals surface area contributed by atoms with Crippen LogP contribution >= 0.6 is 0 Å². The van der Waals surface area contributed by atoms with Gasteiger partial charge in [0, 0.05) is 19.0 Å². The molecule has 26 heavy (non-hydrogen) atoms. The summed E-state index contributed by atoms with van der Waals surface area (Å²) in [6.45, 7) is 3.91. The van der Waals surface area contributed by atoms with Gasteiger partial charge in [-0.05, 0) is 50.3 Å². The number of Topliss-reactive ketones (excluding diaryl/α,β-unsaturated/α-hetero) is 1. The lowest BCUT2D eigenvalue weighted by Crippen LogP contribution is -2.34. The van der Waals surface area contributed by atoms with E-state index in [9.17, 15) is 14.7 Å². The van der Waals surface area contributed by atoms with Crippen LogP contribution in [-0.2, 0) is 4.79 Å². The van der Waals surface area contributed by atoms with E-state index in [4.69, 9.17) is 9.47 Å². The lowest BCUT2D eigenvalue weighted by atomic mass is 9.73. The molecule has 6 heteroatoms. The molecule has 0 radical (unpaired) electrons. The van der Waals surface area contributed by atoms with E-state index in [1.807, 2.05) is 25.1 Å². The fraction of sp³-hybridized carbons (Fsp3) is 0.600. The van der Waals surface area contributed by atoms with Gasteiger partial charge in [-0.3, -0.25) is 4.79 Å². The number of ketones is 1. The molecule has 1 saturated heterocycles. The van der Waals surface area contributed by atoms with Crippen LogP contribution in [0, 0.1) is 5.41 Å². The first-order valence-corrected chi connectivity index (χ1v) is 9.18. The minimum absolute atomic E-state index is 0.000305. The van der Waals surface area contributed by atoms with Gasteiger partial charge in [0.05, 0.1) is 18.6 Å². The molecule has 1 aliphatic heterocycles. The first-order chi connectivity index (χ1) is 12.3. The van der Waals surface area contributed by atoms with E-state index in [2.05, 4.69) is 0 Å². The summed E-state index contributed by atoms with van der Waals surface area (Å²) < 4.78 is 11.6. The smallest absolute Gasteiger partial charge is 0.407 e. The summed E-state index contributed by atoms with van der Waals surface area (Å²) >= 11 is 0. The van der Waals surface area contributed by atoms with Crippen molar-refractivity contribution in [2.24, 2.45) is 5.41 Å². The molecule has 0 aromatic heterocycles. The number of ether oxygens (including phenoxy) is 2. The van der Waals surface area contributed by atoms with Crippen LogP contribution in [0.2, 0.25) is 0 Å². The van der Waals surface area contributed by atoms with Crippen LogP contribution < -0.4 is 9.47 Å². The molecule has 2 atom stereocenters. The number of nitrogens with zero attached hydrogens (tertiary/aromatic N) is 1. The quantitative estimate of drug-likeness (QED) is 0.865. The molecule has 1 heterocycles. The molecule has 3 rings (SSSR count). The Balaban J connectivity index is 1.93. The molecule has 0 spiro atoms. The van der Waals surface area contributed by atoms with E-state index in [1.165, 1.54) is 24.7 Å². The maximum atomic E-state index is 12.3. The average molecular weight is 361 g/mol. The summed E-state index contributed by atoms with van der Waals surface area (Å²) in [7, 11) is 1.61. The Hall–Kier alpha value is -2.24. The summed E-state index contributed by atoms with van der Waals surface area (Å²) in [4.78, 5) is 25.1. The Kier molecular flexibility index (Phi) is 5.12. The number of hydrogen-bond donors (Lipinski definition) is 1. The van der Waals surface area contributed by atoms with Gasteiger partial charge >= 0.3 is 6.09 Å². The highest BCUT2D eigenvalue weighted by Crippen LogP contribution is 2.45. The second-order valence-electron chi connectivity index (χ2n) is 7.62. The van der Waals surface area contributed by atoms with Crippen molar-refractivity contribution in [2.75, 3.05) is 20.2 Å². The Morgan fingerprint density at radius 3 is 2.50 bits per heavy atom. The van der Waals surface area contributed by atoms with Crippen molar-refractivity contribution in [1.82, 2.24) is 4.90 Å². The third-order valence-corrected chi connectivity index (χ3v) is 5.95. The lowest BCUT2D eigenvalue weighted by molar-refractivity contribution is -0.125. The van der Waals surface area contributed by atoms with E-state index < -0.39 is 11.5 Å². The topological polar surface area (TPSA) is 76.1 Å². The van der Waals surface area contributed by atoms with Gasteiger partial charge in [-0.15, -0.1) is 0 Å². The first kappa shape index (κ1) is 18.5. The van der Waals surface area contributed by atoms with Crippen molar-refractivity contribution >= 4 is 11.9 Å². The number of amides is 1. The van der Waals surface area contributed by atoms with E-state index in [0.29, 0.717) is 18.0 Å². The Morgan fingerprint density at radius 1 is 1.23 bits per heavy atom. The summed E-state index contributed by atoms with van der Waals surface area (Å²) in [5.41, 5.74) is 0.178. The number of carbonyl (C=O) groups excluding carboxylic acids is 1. The van der Waals surface area contributed by atoms with Gasteiger partial charge in [0.15, 0.2) is 11.5 Å². The number of carbonyl (C=O) groups is 2. The normalized spacial score (nSPS) is 26.1. The number of methoxy groups -OCH3 is 1. The molecule has 1 N–H and O–H groups in total. The van der Waals surface area contributed by atoms with E-state index in [0.717, 1.165) is 18.4 Å². The highest BCUT2D eigenvalue weighted by Gasteiger charge is 2.48. The molecule has 142 valence electrons. The predicted molar refractivity (Wildman–Crippen MR) is 97.0 cm³/mol. The van der Waals surface area contributed by atoms with Crippen LogP contribution in [0.1, 0.15) is 51.0 Å². The molecule has 2 fully saturated rings. The summed E-state index contributed by atoms with van der Waals surface area (Å²) in [5, 5.41) is 9.39. The summed E-state index contributed by atoms with van der Waals surface area (Å²) in [6, 6.07) is 5.69. The van der Waals surface area contributed by atoms with Crippen molar-refractivity contribution < 1.29 is 24.2 Å². The second kappa shape index (κ2) is 7.17. The highest BCUT2D eigenvalue weighted by molar-refractivity contribution is 5.85. The maximum Gasteiger partial charge on any atom is 0.407 e. The Labute approximate surface area is 154 Å². The van der Waals surface area contributed by atoms with Crippen LogP contribution in [0.3, 0.4) is 0 Å². The number of rotatable bonds is 5. The van der Waals surface area contributed by atoms with E-state index in [1.54, 1.807) is 7.11 Å². The van der Waals surface area contributed by atoms with E-state index >= 15 is 0 Å². The molecule has 1 aromatic carbocycles. The summed E-state index contributed by atoms with van der Waals surface area (Å²) in [6.07, 6.45) is 3.62. The minimum Gasteiger partial charge on any atom is -0.493 e. The molecular formula is C20H27NO5. The monoisotopic (exact) mass is 361 g/mol. The van der Waals surface area contributed by atoms with Gasteiger partial charge in [0.25, 0.3) is 0 Å². The van der Waals surface area contributed by atoms with Gasteiger partial charge in [0.1, 0.15) is 5.78 Å². The number of carboxylic acid groups (broad SMARTS) is 1. The van der Waals surface area contributed by atoms with Gasteiger partial charge in [-0.1, -0.05) is 13.0 Å². The minimum atomic E-state index is -0.990. The van der Waals surface area contributed by atoms with E-state index in [-0.39, 0.29) is 24.3 Å². The van der Waals surface area contributed by atoms with Crippen molar-refractivity contribution in [1.29, 1.82) is 0 Å². The molecule has 2 aliphatic rings. The average Bonchev–Trinajstić information content (AvgIpc) is 3.23. The van der Waals surface area contributed by atoms with Crippen LogP contribution in [0.25, 0.3) is 0 Å². The number of hydrogen-bond acceptors (Lipinski definition) is 4. The van der Waals surface area contributed by atoms with Crippen LogP contribution in [-0.4, -0.2) is 48.2 Å². The lowest BCUT2D eigenvalue weighted by Gasteiger charge is -2.28. The highest BCUT2D eigenvalue weighted by atomic mass is 16.5. The standard InChI is InChI=1S/C20H27NO5/c1-13(22)20(2)12-21(19(23)24)11-16(20)14-8-9-17(25-3)18(10-14)26-15-6-4-5-7-15/h8-10,15-16H,4-7,11-12H2,1-3H3,(H,23,24)/t16-,20+/m1/s1. The summed E-state index contributed by atoms with van der Waals surface area (Å²) in [5.74, 6) is 1.14. The van der Waals surface area contributed by atoms with Crippen LogP contribution in [0.5, 0.6) is 11.5 Å². The molecule has 1 aromatic rings. The zero-order valence-electron chi connectivity index (χ0n) is 15.7. The zero-order valence-corrected chi connectivity index (χ0v) is 15.7. The number of likely N-dealkylation sites (tertiary alicyclic amines) is 1. The molecule has 6 nitrogen and oxygen atoms in total.